The van der Waals surface area contributed by atoms with Gasteiger partial charge in [0.15, 0.2) is 0 Å². The van der Waals surface area contributed by atoms with Gasteiger partial charge in [0.2, 0.25) is 0 Å². The summed E-state index contributed by atoms with van der Waals surface area (Å²) in [5.74, 6) is 0. The van der Waals surface area contributed by atoms with Crippen molar-refractivity contribution in [2.24, 2.45) is 0 Å². The summed E-state index contributed by atoms with van der Waals surface area (Å²) in [4.78, 5) is 2.50. The molecule has 0 spiro atoms. The van der Waals surface area contributed by atoms with Crippen LogP contribution >= 0.6 is 11.3 Å². The van der Waals surface area contributed by atoms with Crippen LogP contribution in [0.25, 0.3) is 86.3 Å². The van der Waals surface area contributed by atoms with Crippen molar-refractivity contribution in [3.8, 4) is 33.4 Å². The van der Waals surface area contributed by atoms with Crippen molar-refractivity contribution in [1.29, 1.82) is 0 Å². The van der Waals surface area contributed by atoms with Crippen LogP contribution in [0.3, 0.4) is 0 Å². The average Bonchev–Trinajstić information content (AvgIpc) is 3.85. The Kier molecular flexibility index (Phi) is 8.28. The molecule has 0 aliphatic rings. The predicted octanol–water partition coefficient (Wildman–Crippen LogP) is 16.9. The molecule has 0 aliphatic carbocycles. The van der Waals surface area contributed by atoms with E-state index in [1.54, 1.807) is 0 Å². The molecule has 11 aromatic rings. The minimum atomic E-state index is -0.0403. The summed E-state index contributed by atoms with van der Waals surface area (Å²) in [6, 6.07) is 71.0. The third-order valence-electron chi connectivity index (χ3n) is 11.8. The molecule has 0 unspecified atom stereocenters. The second-order valence-corrected chi connectivity index (χ2v) is 17.5. The van der Waals surface area contributed by atoms with Gasteiger partial charge < -0.3 is 9.32 Å². The first kappa shape index (κ1) is 35.2. The SMILES string of the molecule is CC(C)(C)c1ccc(N(c2ccc3oc4ccccc4c3c2)c2ccc3ccccc3c2-c2ccccc2-c2cccc3sc4ccccc4c23)c(-c2ccccc2)c1. The summed E-state index contributed by atoms with van der Waals surface area (Å²) in [5.41, 5.74) is 13.5. The highest BCUT2D eigenvalue weighted by molar-refractivity contribution is 7.25. The molecule has 0 fully saturated rings. The minimum absolute atomic E-state index is 0.0403. The zero-order valence-electron chi connectivity index (χ0n) is 33.2. The van der Waals surface area contributed by atoms with E-state index in [9.17, 15) is 0 Å². The summed E-state index contributed by atoms with van der Waals surface area (Å²) < 4.78 is 9.00. The lowest BCUT2D eigenvalue weighted by atomic mass is 9.84. The Morgan fingerprint density at radius 3 is 1.95 bits per heavy atom. The number of para-hydroxylation sites is 1. The molecule has 11 rings (SSSR count). The smallest absolute Gasteiger partial charge is 0.135 e. The number of fused-ring (bicyclic) bond motifs is 7. The molecule has 0 aliphatic heterocycles. The first-order valence-corrected chi connectivity index (χ1v) is 21.2. The highest BCUT2D eigenvalue weighted by Crippen LogP contribution is 2.51. The molecule has 2 nitrogen and oxygen atoms in total. The van der Waals surface area contributed by atoms with Crippen LogP contribution in [0.15, 0.2) is 199 Å². The van der Waals surface area contributed by atoms with Crippen molar-refractivity contribution in [1.82, 2.24) is 0 Å². The number of nitrogens with zero attached hydrogens (tertiary/aromatic N) is 1. The van der Waals surface area contributed by atoms with Crippen LogP contribution in [0.2, 0.25) is 0 Å². The largest absolute Gasteiger partial charge is 0.456 e. The zero-order chi connectivity index (χ0) is 39.7. The molecule has 0 amide bonds. The molecular weight excluding hydrogens is 735 g/mol. The van der Waals surface area contributed by atoms with Crippen LogP contribution < -0.4 is 4.90 Å². The van der Waals surface area contributed by atoms with Crippen LogP contribution in [0.5, 0.6) is 0 Å². The monoisotopic (exact) mass is 775 g/mol. The van der Waals surface area contributed by atoms with E-state index in [0.29, 0.717) is 0 Å². The lowest BCUT2D eigenvalue weighted by molar-refractivity contribution is 0.590. The second kappa shape index (κ2) is 13.9. The molecule has 282 valence electrons. The topological polar surface area (TPSA) is 16.4 Å². The van der Waals surface area contributed by atoms with Gasteiger partial charge in [0.1, 0.15) is 11.2 Å². The normalized spacial score (nSPS) is 12.0. The van der Waals surface area contributed by atoms with Crippen molar-refractivity contribution in [3.63, 3.8) is 0 Å². The summed E-state index contributed by atoms with van der Waals surface area (Å²) in [5, 5.41) is 7.20. The van der Waals surface area contributed by atoms with Crippen molar-refractivity contribution in [2.45, 2.75) is 26.2 Å². The zero-order valence-corrected chi connectivity index (χ0v) is 34.1. The molecule has 9 aromatic carbocycles. The summed E-state index contributed by atoms with van der Waals surface area (Å²) in [6.45, 7) is 6.88. The molecule has 0 radical (unpaired) electrons. The highest BCUT2D eigenvalue weighted by atomic mass is 32.1. The van der Waals surface area contributed by atoms with Gasteiger partial charge in [0.25, 0.3) is 0 Å². The maximum Gasteiger partial charge on any atom is 0.135 e. The van der Waals surface area contributed by atoms with E-state index in [0.717, 1.165) is 39.0 Å². The number of thiophene rings is 1. The Morgan fingerprint density at radius 2 is 1.10 bits per heavy atom. The van der Waals surface area contributed by atoms with E-state index in [4.69, 9.17) is 4.42 Å². The first-order valence-electron chi connectivity index (χ1n) is 20.3. The van der Waals surface area contributed by atoms with E-state index in [1.807, 2.05) is 17.4 Å². The summed E-state index contributed by atoms with van der Waals surface area (Å²) in [7, 11) is 0. The van der Waals surface area contributed by atoms with Crippen LogP contribution in [-0.2, 0) is 5.41 Å². The van der Waals surface area contributed by atoms with Gasteiger partial charge in [-0.25, -0.2) is 0 Å². The van der Waals surface area contributed by atoms with Gasteiger partial charge in [-0.15, -0.1) is 11.3 Å². The summed E-state index contributed by atoms with van der Waals surface area (Å²) in [6.07, 6.45) is 0. The van der Waals surface area contributed by atoms with E-state index in [1.165, 1.54) is 69.9 Å². The Balaban J connectivity index is 1.25. The summed E-state index contributed by atoms with van der Waals surface area (Å²) >= 11 is 1.87. The fourth-order valence-electron chi connectivity index (χ4n) is 8.97. The van der Waals surface area contributed by atoms with Crippen molar-refractivity contribution in [2.75, 3.05) is 4.90 Å². The maximum absolute atomic E-state index is 6.40. The Labute approximate surface area is 348 Å². The van der Waals surface area contributed by atoms with Gasteiger partial charge in [0, 0.05) is 47.8 Å². The third-order valence-corrected chi connectivity index (χ3v) is 13.0. The van der Waals surface area contributed by atoms with Crippen molar-refractivity contribution < 1.29 is 4.42 Å². The molecular formula is C56H41NOS. The molecule has 0 saturated heterocycles. The lowest BCUT2D eigenvalue weighted by Gasteiger charge is -2.32. The molecule has 3 heteroatoms. The van der Waals surface area contributed by atoms with E-state index < -0.39 is 0 Å². The van der Waals surface area contributed by atoms with Crippen LogP contribution in [0.1, 0.15) is 26.3 Å². The van der Waals surface area contributed by atoms with E-state index >= 15 is 0 Å². The number of anilines is 3. The molecule has 2 aromatic heterocycles. The molecule has 59 heavy (non-hydrogen) atoms. The predicted molar refractivity (Wildman–Crippen MR) is 254 cm³/mol. The molecule has 0 atom stereocenters. The Hall–Kier alpha value is -6.94. The van der Waals surface area contributed by atoms with Gasteiger partial charge in [-0.3, -0.25) is 0 Å². The van der Waals surface area contributed by atoms with E-state index in [2.05, 4.69) is 214 Å². The van der Waals surface area contributed by atoms with Crippen molar-refractivity contribution >= 4 is 81.3 Å². The van der Waals surface area contributed by atoms with Crippen LogP contribution in [0.4, 0.5) is 17.1 Å². The number of rotatable bonds is 6. The van der Waals surface area contributed by atoms with Crippen molar-refractivity contribution in [3.05, 3.63) is 200 Å². The maximum atomic E-state index is 6.40. The van der Waals surface area contributed by atoms with Gasteiger partial charge in [-0.2, -0.15) is 0 Å². The van der Waals surface area contributed by atoms with Gasteiger partial charge in [-0.05, 0) is 98.6 Å². The Bertz CT molecular complexity index is 3380. The molecule has 0 saturated carbocycles. The molecule has 0 bridgehead atoms. The standard InChI is InChI=1S/C56H41NOS/c1-56(2,3)38-29-32-48(46(34-38)36-16-5-4-6-17-36)57(39-30-33-51-47(35-39)42-21-11-13-25-50(42)58-51)49-31-28-37-18-7-8-19-40(37)54(49)43-22-10-9-20-41(43)44-24-15-27-53-55(44)45-23-12-14-26-52(45)59-53/h4-35H,1-3H3. The highest BCUT2D eigenvalue weighted by Gasteiger charge is 2.26. The van der Waals surface area contributed by atoms with E-state index in [-0.39, 0.29) is 5.41 Å². The third kappa shape index (κ3) is 5.92. The van der Waals surface area contributed by atoms with Crippen LogP contribution in [0, 0.1) is 0 Å². The molecule has 0 N–H and O–H groups in total. The number of furan rings is 1. The quantitative estimate of drug-likeness (QED) is 0.167. The fourth-order valence-corrected chi connectivity index (χ4v) is 10.1. The number of benzene rings is 9. The second-order valence-electron chi connectivity index (χ2n) is 16.5. The Morgan fingerprint density at radius 1 is 0.441 bits per heavy atom. The average molecular weight is 776 g/mol. The number of hydrogen-bond acceptors (Lipinski definition) is 3. The van der Waals surface area contributed by atoms with Gasteiger partial charge in [0.05, 0.1) is 11.4 Å². The van der Waals surface area contributed by atoms with Crippen LogP contribution in [-0.4, -0.2) is 0 Å². The molecule has 2 heterocycles. The fraction of sp³-hybridized carbons (Fsp3) is 0.0714. The first-order chi connectivity index (χ1) is 28.9. The lowest BCUT2D eigenvalue weighted by Crippen LogP contribution is -2.15. The minimum Gasteiger partial charge on any atom is -0.456 e. The number of hydrogen-bond donors (Lipinski definition) is 0. The van der Waals surface area contributed by atoms with Gasteiger partial charge >= 0.3 is 0 Å². The van der Waals surface area contributed by atoms with Gasteiger partial charge in [-0.1, -0.05) is 160 Å².